The Hall–Kier alpha value is -2.19. The monoisotopic (exact) mass is 414 g/mol. The third kappa shape index (κ3) is 5.45. The standard InChI is InChI=1S/C21H30N6OS/c1-16(17-7-3-2-4-8-17)15-26-11-13-27(14-12-26)21-25-24-20(29-21)23-19(28)22-18-9-5-6-10-18/h2-4,7-8,16,18H,5-6,9-15H2,1H3,(H2,22,23,24,28). The molecule has 4 rings (SSSR count). The average molecular weight is 415 g/mol. The molecule has 156 valence electrons. The van der Waals surface area contributed by atoms with Gasteiger partial charge in [0.15, 0.2) is 0 Å². The molecule has 2 N–H and O–H groups in total. The molecule has 8 heteroatoms. The van der Waals surface area contributed by atoms with E-state index in [1.807, 2.05) is 0 Å². The number of piperazine rings is 1. The number of amides is 2. The van der Waals surface area contributed by atoms with Crippen molar-refractivity contribution in [3.05, 3.63) is 35.9 Å². The van der Waals surface area contributed by atoms with Crippen LogP contribution in [0.25, 0.3) is 0 Å². The van der Waals surface area contributed by atoms with Gasteiger partial charge in [0, 0.05) is 38.8 Å². The first-order valence-corrected chi connectivity index (χ1v) is 11.4. The van der Waals surface area contributed by atoms with Crippen molar-refractivity contribution in [1.29, 1.82) is 0 Å². The Morgan fingerprint density at radius 3 is 2.59 bits per heavy atom. The summed E-state index contributed by atoms with van der Waals surface area (Å²) in [5, 5.41) is 15.8. The number of rotatable bonds is 6. The summed E-state index contributed by atoms with van der Waals surface area (Å²) in [4.78, 5) is 16.9. The van der Waals surface area contributed by atoms with E-state index >= 15 is 0 Å². The minimum Gasteiger partial charge on any atom is -0.344 e. The smallest absolute Gasteiger partial charge is 0.321 e. The van der Waals surface area contributed by atoms with Crippen LogP contribution in [0.3, 0.4) is 0 Å². The summed E-state index contributed by atoms with van der Waals surface area (Å²) in [5.41, 5.74) is 1.39. The van der Waals surface area contributed by atoms with Crippen molar-refractivity contribution in [2.24, 2.45) is 0 Å². The predicted molar refractivity (Wildman–Crippen MR) is 118 cm³/mol. The summed E-state index contributed by atoms with van der Waals surface area (Å²) in [7, 11) is 0. The SMILES string of the molecule is CC(CN1CCN(c2nnc(NC(=O)NC3CCCC3)s2)CC1)c1ccccc1. The number of carbonyl (C=O) groups is 1. The lowest BCUT2D eigenvalue weighted by Crippen LogP contribution is -2.47. The second kappa shape index (κ2) is 9.54. The van der Waals surface area contributed by atoms with Gasteiger partial charge in [0.05, 0.1) is 0 Å². The molecule has 2 amide bonds. The van der Waals surface area contributed by atoms with Crippen LogP contribution in [0.4, 0.5) is 15.1 Å². The maximum Gasteiger partial charge on any atom is 0.321 e. The quantitative estimate of drug-likeness (QED) is 0.757. The molecule has 7 nitrogen and oxygen atoms in total. The molecule has 0 spiro atoms. The van der Waals surface area contributed by atoms with Crippen LogP contribution in [0.5, 0.6) is 0 Å². The largest absolute Gasteiger partial charge is 0.344 e. The van der Waals surface area contributed by atoms with Gasteiger partial charge in [0.1, 0.15) is 0 Å². The first-order chi connectivity index (χ1) is 14.2. The molecule has 2 aromatic rings. The normalized spacial score (nSPS) is 19.3. The molecular weight excluding hydrogens is 384 g/mol. The summed E-state index contributed by atoms with van der Waals surface area (Å²) in [6, 6.07) is 10.8. The number of hydrogen-bond acceptors (Lipinski definition) is 6. The minimum absolute atomic E-state index is 0.167. The van der Waals surface area contributed by atoms with Crippen LogP contribution in [0, 0.1) is 0 Å². The van der Waals surface area contributed by atoms with Gasteiger partial charge in [0.2, 0.25) is 10.3 Å². The maximum absolute atomic E-state index is 12.1. The van der Waals surface area contributed by atoms with Crippen LogP contribution in [0.1, 0.15) is 44.1 Å². The number of benzene rings is 1. The van der Waals surface area contributed by atoms with E-state index in [9.17, 15) is 4.79 Å². The van der Waals surface area contributed by atoms with E-state index in [1.54, 1.807) is 0 Å². The van der Waals surface area contributed by atoms with E-state index in [2.05, 4.69) is 67.9 Å². The number of nitrogens with one attached hydrogen (secondary N) is 2. The van der Waals surface area contributed by atoms with Crippen LogP contribution in [0.2, 0.25) is 0 Å². The number of carbonyl (C=O) groups excluding carboxylic acids is 1. The molecule has 1 aromatic carbocycles. The lowest BCUT2D eigenvalue weighted by molar-refractivity contribution is 0.246. The molecule has 2 aliphatic rings. The number of anilines is 2. The van der Waals surface area contributed by atoms with Gasteiger partial charge in [-0.25, -0.2) is 4.79 Å². The van der Waals surface area contributed by atoms with Crippen molar-refractivity contribution in [1.82, 2.24) is 20.4 Å². The molecular formula is C21H30N6OS. The van der Waals surface area contributed by atoms with Gasteiger partial charge in [-0.3, -0.25) is 10.2 Å². The van der Waals surface area contributed by atoms with Crippen molar-refractivity contribution >= 4 is 27.6 Å². The molecule has 2 heterocycles. The summed E-state index contributed by atoms with van der Waals surface area (Å²) in [6.45, 7) is 7.27. The van der Waals surface area contributed by atoms with Gasteiger partial charge in [0.25, 0.3) is 0 Å². The molecule has 1 saturated carbocycles. The van der Waals surface area contributed by atoms with Gasteiger partial charge in [-0.2, -0.15) is 0 Å². The number of urea groups is 1. The summed E-state index contributed by atoms with van der Waals surface area (Å²) in [6.07, 6.45) is 4.54. The van der Waals surface area contributed by atoms with Crippen molar-refractivity contribution in [3.8, 4) is 0 Å². The highest BCUT2D eigenvalue weighted by atomic mass is 32.1. The number of hydrogen-bond donors (Lipinski definition) is 2. The van der Waals surface area contributed by atoms with E-state index in [0.717, 1.165) is 50.7 Å². The Balaban J connectivity index is 1.23. The number of aromatic nitrogens is 2. The molecule has 0 bridgehead atoms. The number of nitrogens with zero attached hydrogens (tertiary/aromatic N) is 4. The lowest BCUT2D eigenvalue weighted by atomic mass is 10.0. The van der Waals surface area contributed by atoms with Crippen molar-refractivity contribution in [3.63, 3.8) is 0 Å². The topological polar surface area (TPSA) is 73.4 Å². The van der Waals surface area contributed by atoms with E-state index in [4.69, 9.17) is 0 Å². The fourth-order valence-electron chi connectivity index (χ4n) is 4.18. The Bertz CT molecular complexity index is 783. The second-order valence-electron chi connectivity index (χ2n) is 8.07. The fraction of sp³-hybridized carbons (Fsp3) is 0.571. The van der Waals surface area contributed by atoms with Crippen molar-refractivity contribution in [2.75, 3.05) is 42.9 Å². The summed E-state index contributed by atoms with van der Waals surface area (Å²) >= 11 is 1.45. The average Bonchev–Trinajstić information content (AvgIpc) is 3.41. The molecule has 2 fully saturated rings. The molecule has 1 aliphatic heterocycles. The Morgan fingerprint density at radius 1 is 1.14 bits per heavy atom. The first kappa shape index (κ1) is 20.1. The fourth-order valence-corrected chi connectivity index (χ4v) is 4.97. The van der Waals surface area contributed by atoms with Crippen LogP contribution >= 0.6 is 11.3 Å². The highest BCUT2D eigenvalue weighted by Crippen LogP contribution is 2.26. The van der Waals surface area contributed by atoms with Gasteiger partial charge < -0.3 is 10.2 Å². The van der Waals surface area contributed by atoms with Crippen molar-refractivity contribution < 1.29 is 4.79 Å². The Labute approximate surface area is 176 Å². The molecule has 1 unspecified atom stereocenters. The zero-order valence-corrected chi connectivity index (χ0v) is 17.8. The third-order valence-corrected chi connectivity index (χ3v) is 6.77. The zero-order valence-electron chi connectivity index (χ0n) is 17.0. The van der Waals surface area contributed by atoms with Crippen LogP contribution in [-0.2, 0) is 0 Å². The molecule has 29 heavy (non-hydrogen) atoms. The minimum atomic E-state index is -0.167. The van der Waals surface area contributed by atoms with Crippen LogP contribution in [0.15, 0.2) is 30.3 Å². The van der Waals surface area contributed by atoms with E-state index < -0.39 is 0 Å². The van der Waals surface area contributed by atoms with Gasteiger partial charge in [-0.05, 0) is 24.3 Å². The highest BCUT2D eigenvalue weighted by molar-refractivity contribution is 7.19. The molecule has 1 aliphatic carbocycles. The molecule has 0 radical (unpaired) electrons. The third-order valence-electron chi connectivity index (χ3n) is 5.87. The first-order valence-electron chi connectivity index (χ1n) is 10.6. The van der Waals surface area contributed by atoms with Crippen LogP contribution < -0.4 is 15.5 Å². The van der Waals surface area contributed by atoms with E-state index in [1.165, 1.54) is 29.7 Å². The maximum atomic E-state index is 12.1. The van der Waals surface area contributed by atoms with Gasteiger partial charge in [-0.1, -0.05) is 61.4 Å². The molecule has 1 atom stereocenters. The lowest BCUT2D eigenvalue weighted by Gasteiger charge is -2.35. The summed E-state index contributed by atoms with van der Waals surface area (Å²) < 4.78 is 0. The van der Waals surface area contributed by atoms with Gasteiger partial charge >= 0.3 is 6.03 Å². The molecule has 1 saturated heterocycles. The Morgan fingerprint density at radius 2 is 1.86 bits per heavy atom. The highest BCUT2D eigenvalue weighted by Gasteiger charge is 2.22. The second-order valence-corrected chi connectivity index (χ2v) is 9.02. The van der Waals surface area contributed by atoms with Crippen LogP contribution in [-0.4, -0.2) is 59.9 Å². The zero-order chi connectivity index (χ0) is 20.1. The molecule has 1 aromatic heterocycles. The summed E-state index contributed by atoms with van der Waals surface area (Å²) in [5.74, 6) is 0.526. The Kier molecular flexibility index (Phi) is 6.61. The predicted octanol–water partition coefficient (Wildman–Crippen LogP) is 3.53. The van der Waals surface area contributed by atoms with Crippen molar-refractivity contribution in [2.45, 2.75) is 44.6 Å². The van der Waals surface area contributed by atoms with E-state index in [-0.39, 0.29) is 6.03 Å². The van der Waals surface area contributed by atoms with E-state index in [0.29, 0.717) is 17.1 Å². The van der Waals surface area contributed by atoms with Gasteiger partial charge in [-0.15, -0.1) is 10.2 Å².